The van der Waals surface area contributed by atoms with Gasteiger partial charge in [0.2, 0.25) is 15.9 Å². The van der Waals surface area contributed by atoms with Crippen LogP contribution in [0.2, 0.25) is 0 Å². The van der Waals surface area contributed by atoms with Gasteiger partial charge in [0.15, 0.2) is 5.76 Å². The number of hydrogen-bond donors (Lipinski definition) is 2. The zero-order valence-electron chi connectivity index (χ0n) is 15.7. The lowest BCUT2D eigenvalue weighted by atomic mass is 10.1. The smallest absolute Gasteiger partial charge is 0.283 e. The number of carbonyl (C=O) groups excluding carboxylic acids is 1. The molecule has 10 heteroatoms. The third-order valence-electron chi connectivity index (χ3n) is 3.95. The highest BCUT2D eigenvalue weighted by Crippen LogP contribution is 2.26. The molecule has 4 rings (SSSR count). The van der Waals surface area contributed by atoms with E-state index in [1.54, 1.807) is 54.6 Å². The van der Waals surface area contributed by atoms with Gasteiger partial charge in [-0.05, 0) is 48.5 Å². The van der Waals surface area contributed by atoms with E-state index in [9.17, 15) is 13.2 Å². The van der Waals surface area contributed by atoms with Crippen LogP contribution in [-0.2, 0) is 10.0 Å². The van der Waals surface area contributed by atoms with Gasteiger partial charge in [-0.25, -0.2) is 8.42 Å². The van der Waals surface area contributed by atoms with E-state index in [1.807, 2.05) is 0 Å². The molecule has 0 radical (unpaired) electrons. The summed E-state index contributed by atoms with van der Waals surface area (Å²) in [4.78, 5) is 12.6. The monoisotopic (exact) mass is 424 g/mol. The molecule has 0 spiro atoms. The lowest BCUT2D eigenvalue weighted by molar-refractivity contribution is 0.102. The fraction of sp³-hybridized carbons (Fsp3) is 0.0500. The number of nitrogens with zero attached hydrogens (tertiary/aromatic N) is 2. The molecule has 0 saturated carbocycles. The Bertz CT molecular complexity index is 1300. The molecule has 2 aromatic heterocycles. The molecule has 0 unspecified atom stereocenters. The molecule has 1 amide bonds. The average molecular weight is 424 g/mol. The number of aromatic nitrogens is 2. The third-order valence-corrected chi connectivity index (χ3v) is 4.56. The fourth-order valence-corrected chi connectivity index (χ4v) is 3.27. The summed E-state index contributed by atoms with van der Waals surface area (Å²) in [6.07, 6.45) is 2.55. The van der Waals surface area contributed by atoms with Crippen molar-refractivity contribution in [1.29, 1.82) is 0 Å². The molecule has 0 aliphatic heterocycles. The van der Waals surface area contributed by atoms with E-state index >= 15 is 0 Å². The van der Waals surface area contributed by atoms with E-state index in [0.717, 1.165) is 6.26 Å². The van der Waals surface area contributed by atoms with Gasteiger partial charge in [-0.15, -0.1) is 10.2 Å². The van der Waals surface area contributed by atoms with Crippen molar-refractivity contribution >= 4 is 27.3 Å². The highest BCUT2D eigenvalue weighted by molar-refractivity contribution is 7.92. The molecule has 2 aromatic carbocycles. The van der Waals surface area contributed by atoms with Gasteiger partial charge in [-0.3, -0.25) is 9.52 Å². The van der Waals surface area contributed by atoms with Gasteiger partial charge in [-0.2, -0.15) is 0 Å². The second kappa shape index (κ2) is 7.84. The second-order valence-corrected chi connectivity index (χ2v) is 8.13. The predicted octanol–water partition coefficient (Wildman–Crippen LogP) is 3.62. The van der Waals surface area contributed by atoms with Crippen molar-refractivity contribution < 1.29 is 22.0 Å². The first-order chi connectivity index (χ1) is 14.4. The number of nitrogens with one attached hydrogen (secondary N) is 2. The molecule has 9 nitrogen and oxygen atoms in total. The summed E-state index contributed by atoms with van der Waals surface area (Å²) in [5.74, 6) is 0.586. The van der Waals surface area contributed by atoms with E-state index in [2.05, 4.69) is 20.2 Å². The minimum atomic E-state index is -3.44. The molecule has 0 aliphatic rings. The van der Waals surface area contributed by atoms with Crippen LogP contribution < -0.4 is 10.0 Å². The van der Waals surface area contributed by atoms with Crippen molar-refractivity contribution in [3.05, 3.63) is 72.5 Å². The van der Waals surface area contributed by atoms with E-state index in [4.69, 9.17) is 8.83 Å². The Kier molecular flexibility index (Phi) is 5.07. The van der Waals surface area contributed by atoms with Crippen molar-refractivity contribution in [2.75, 3.05) is 16.3 Å². The van der Waals surface area contributed by atoms with Crippen molar-refractivity contribution in [3.8, 4) is 23.1 Å². The molecule has 0 aliphatic carbocycles. The number of anilines is 2. The number of rotatable bonds is 6. The summed E-state index contributed by atoms with van der Waals surface area (Å²) in [5.41, 5.74) is 1.73. The van der Waals surface area contributed by atoms with Gasteiger partial charge in [-0.1, -0.05) is 12.1 Å². The molecule has 0 atom stereocenters. The first-order valence-electron chi connectivity index (χ1n) is 8.74. The topological polar surface area (TPSA) is 127 Å². The maximum absolute atomic E-state index is 12.6. The van der Waals surface area contributed by atoms with Gasteiger partial charge in [0, 0.05) is 22.5 Å². The minimum absolute atomic E-state index is 0.250. The van der Waals surface area contributed by atoms with E-state index in [1.165, 1.54) is 12.3 Å². The Labute approximate surface area is 171 Å². The average Bonchev–Trinajstić information content (AvgIpc) is 3.39. The third kappa shape index (κ3) is 4.55. The normalized spacial score (nSPS) is 11.2. The summed E-state index contributed by atoms with van der Waals surface area (Å²) >= 11 is 0. The van der Waals surface area contributed by atoms with Crippen molar-refractivity contribution in [2.45, 2.75) is 0 Å². The van der Waals surface area contributed by atoms with Crippen LogP contribution in [-0.4, -0.2) is 30.8 Å². The minimum Gasteiger partial charge on any atom is -0.459 e. The van der Waals surface area contributed by atoms with Gasteiger partial charge < -0.3 is 14.2 Å². The molecule has 30 heavy (non-hydrogen) atoms. The zero-order valence-corrected chi connectivity index (χ0v) is 16.5. The predicted molar refractivity (Wildman–Crippen MR) is 110 cm³/mol. The van der Waals surface area contributed by atoms with Gasteiger partial charge >= 0.3 is 0 Å². The molecule has 2 N–H and O–H groups in total. The number of benzene rings is 2. The number of hydrogen-bond acceptors (Lipinski definition) is 7. The summed E-state index contributed by atoms with van der Waals surface area (Å²) in [5, 5.41) is 10.7. The Morgan fingerprint density at radius 1 is 0.933 bits per heavy atom. The number of amides is 1. The van der Waals surface area contributed by atoms with Crippen LogP contribution in [0.1, 0.15) is 10.4 Å². The highest BCUT2D eigenvalue weighted by Gasteiger charge is 2.14. The van der Waals surface area contributed by atoms with Gasteiger partial charge in [0.25, 0.3) is 11.8 Å². The van der Waals surface area contributed by atoms with Crippen LogP contribution in [0.4, 0.5) is 11.4 Å². The van der Waals surface area contributed by atoms with Crippen LogP contribution in [0.5, 0.6) is 0 Å². The first kappa shape index (κ1) is 19.4. The Morgan fingerprint density at radius 3 is 2.47 bits per heavy atom. The van der Waals surface area contributed by atoms with Crippen molar-refractivity contribution in [2.24, 2.45) is 0 Å². The molecule has 4 aromatic rings. The molecule has 0 bridgehead atoms. The SMILES string of the molecule is CS(=O)(=O)Nc1cccc(C(=O)Nc2cccc(-c3nnc(-c4ccco4)o3)c2)c1. The van der Waals surface area contributed by atoms with Crippen molar-refractivity contribution in [3.63, 3.8) is 0 Å². The number of sulfonamides is 1. The van der Waals surface area contributed by atoms with Gasteiger partial charge in [0.1, 0.15) is 0 Å². The highest BCUT2D eigenvalue weighted by atomic mass is 32.2. The quantitative estimate of drug-likeness (QED) is 0.484. The number of carbonyl (C=O) groups is 1. The lowest BCUT2D eigenvalue weighted by Gasteiger charge is -2.08. The van der Waals surface area contributed by atoms with Crippen LogP contribution >= 0.6 is 0 Å². The van der Waals surface area contributed by atoms with Gasteiger partial charge in [0.05, 0.1) is 12.5 Å². The maximum atomic E-state index is 12.6. The first-order valence-corrected chi connectivity index (χ1v) is 10.6. The molecular formula is C20H16N4O5S. The summed E-state index contributed by atoms with van der Waals surface area (Å²) in [7, 11) is -3.44. The van der Waals surface area contributed by atoms with E-state index in [0.29, 0.717) is 28.3 Å². The molecule has 0 saturated heterocycles. The summed E-state index contributed by atoms with van der Waals surface area (Å²) in [6.45, 7) is 0. The summed E-state index contributed by atoms with van der Waals surface area (Å²) < 4.78 is 36.0. The molecule has 152 valence electrons. The van der Waals surface area contributed by atoms with Crippen LogP contribution in [0.3, 0.4) is 0 Å². The second-order valence-electron chi connectivity index (χ2n) is 6.38. The Morgan fingerprint density at radius 2 is 1.70 bits per heavy atom. The Balaban J connectivity index is 1.52. The molecular weight excluding hydrogens is 408 g/mol. The van der Waals surface area contributed by atoms with E-state index < -0.39 is 15.9 Å². The van der Waals surface area contributed by atoms with Crippen LogP contribution in [0.25, 0.3) is 23.1 Å². The van der Waals surface area contributed by atoms with Crippen molar-refractivity contribution in [1.82, 2.24) is 10.2 Å². The molecule has 2 heterocycles. The zero-order chi connectivity index (χ0) is 21.1. The maximum Gasteiger partial charge on any atom is 0.283 e. The summed E-state index contributed by atoms with van der Waals surface area (Å²) in [6, 6.07) is 16.5. The van der Waals surface area contributed by atoms with Crippen LogP contribution in [0.15, 0.2) is 75.8 Å². The number of furan rings is 1. The fourth-order valence-electron chi connectivity index (χ4n) is 2.71. The van der Waals surface area contributed by atoms with Crippen LogP contribution in [0, 0.1) is 0 Å². The molecule has 0 fully saturated rings. The standard InChI is InChI=1S/C20H16N4O5S/c1-30(26,27)24-16-8-2-5-13(11-16)18(25)21-15-7-3-6-14(12-15)19-22-23-20(29-19)17-9-4-10-28-17/h2-12,24H,1H3,(H,21,25). The Hall–Kier alpha value is -3.92. The lowest BCUT2D eigenvalue weighted by Crippen LogP contribution is -2.14. The van der Waals surface area contributed by atoms with E-state index in [-0.39, 0.29) is 11.8 Å². The largest absolute Gasteiger partial charge is 0.459 e.